The number of halogens is 3. The van der Waals surface area contributed by atoms with Crippen molar-refractivity contribution >= 4 is 62.1 Å². The van der Waals surface area contributed by atoms with E-state index in [-0.39, 0.29) is 33.7 Å². The molecule has 0 unspecified atom stereocenters. The first-order valence-electron chi connectivity index (χ1n) is 8.14. The highest BCUT2D eigenvalue weighted by atomic mass is 35.5. The average Bonchev–Trinajstić information content (AvgIpc) is 2.62. The topological polar surface area (TPSA) is 83.6 Å². The lowest BCUT2D eigenvalue weighted by atomic mass is 10.3. The molecule has 0 bridgehead atoms. The van der Waals surface area contributed by atoms with Crippen LogP contribution in [0.3, 0.4) is 0 Å². The lowest BCUT2D eigenvalue weighted by Crippen LogP contribution is -2.40. The maximum Gasteiger partial charge on any atom is 0.244 e. The number of benzene rings is 2. The molecule has 0 aromatic heterocycles. The van der Waals surface area contributed by atoms with E-state index in [9.17, 15) is 18.0 Å². The standard InChI is InChI=1S/C18H17Cl3N2O4S/c1-2-23(10-16(24)22-18-14(20)4-3-5-15(18)21)17(25)11-28(26,27)13-8-6-12(19)7-9-13/h3-9H,2,10-11H2,1H3,(H,22,24). The summed E-state index contributed by atoms with van der Waals surface area (Å²) in [6.45, 7) is 1.45. The van der Waals surface area contributed by atoms with Crippen molar-refractivity contribution in [1.82, 2.24) is 4.90 Å². The smallest absolute Gasteiger partial charge is 0.244 e. The number of anilines is 1. The molecule has 2 rings (SSSR count). The van der Waals surface area contributed by atoms with Gasteiger partial charge in [-0.05, 0) is 43.3 Å². The lowest BCUT2D eigenvalue weighted by molar-refractivity contribution is -0.132. The number of nitrogens with zero attached hydrogens (tertiary/aromatic N) is 1. The van der Waals surface area contributed by atoms with E-state index in [1.165, 1.54) is 24.3 Å². The van der Waals surface area contributed by atoms with Gasteiger partial charge in [-0.15, -0.1) is 0 Å². The number of rotatable bonds is 7. The second-order valence-electron chi connectivity index (χ2n) is 5.77. The molecular formula is C18H17Cl3N2O4S. The molecule has 2 aromatic carbocycles. The fourth-order valence-electron chi connectivity index (χ4n) is 2.32. The van der Waals surface area contributed by atoms with E-state index < -0.39 is 27.4 Å². The van der Waals surface area contributed by atoms with Crippen LogP contribution in [0.2, 0.25) is 15.1 Å². The molecule has 0 aliphatic carbocycles. The summed E-state index contributed by atoms with van der Waals surface area (Å²) in [7, 11) is -3.86. The molecule has 0 aliphatic rings. The predicted molar refractivity (Wildman–Crippen MR) is 111 cm³/mol. The Kier molecular flexibility index (Phi) is 7.71. The highest BCUT2D eigenvalue weighted by molar-refractivity contribution is 7.92. The minimum absolute atomic E-state index is 0.0198. The first-order valence-corrected chi connectivity index (χ1v) is 10.9. The second kappa shape index (κ2) is 9.60. The summed E-state index contributed by atoms with van der Waals surface area (Å²) in [5.74, 6) is -2.00. The molecule has 1 N–H and O–H groups in total. The van der Waals surface area contributed by atoms with Gasteiger partial charge in [-0.25, -0.2) is 8.42 Å². The van der Waals surface area contributed by atoms with Gasteiger partial charge in [-0.1, -0.05) is 40.9 Å². The molecule has 6 nitrogen and oxygen atoms in total. The molecule has 0 saturated carbocycles. The first kappa shape index (κ1) is 22.5. The van der Waals surface area contributed by atoms with Gasteiger partial charge in [0, 0.05) is 11.6 Å². The fraction of sp³-hybridized carbons (Fsp3) is 0.222. The van der Waals surface area contributed by atoms with Crippen molar-refractivity contribution in [2.75, 3.05) is 24.2 Å². The van der Waals surface area contributed by atoms with Gasteiger partial charge in [0.1, 0.15) is 5.75 Å². The lowest BCUT2D eigenvalue weighted by Gasteiger charge is -2.21. The molecule has 0 fully saturated rings. The molecular weight excluding hydrogens is 447 g/mol. The summed E-state index contributed by atoms with van der Waals surface area (Å²) in [5.41, 5.74) is 0.230. The number of amides is 2. The number of hydrogen-bond acceptors (Lipinski definition) is 4. The largest absolute Gasteiger partial charge is 0.333 e. The third kappa shape index (κ3) is 5.85. The molecule has 0 spiro atoms. The van der Waals surface area contributed by atoms with Crippen molar-refractivity contribution < 1.29 is 18.0 Å². The summed E-state index contributed by atoms with van der Waals surface area (Å²) < 4.78 is 24.8. The van der Waals surface area contributed by atoms with E-state index in [4.69, 9.17) is 34.8 Å². The quantitative estimate of drug-likeness (QED) is 0.675. The maximum atomic E-state index is 12.4. The molecule has 0 atom stereocenters. The normalized spacial score (nSPS) is 11.1. The van der Waals surface area contributed by atoms with Crippen molar-refractivity contribution in [2.24, 2.45) is 0 Å². The van der Waals surface area contributed by atoms with E-state index in [1.54, 1.807) is 25.1 Å². The van der Waals surface area contributed by atoms with Crippen molar-refractivity contribution in [3.05, 3.63) is 57.5 Å². The predicted octanol–water partition coefficient (Wildman–Crippen LogP) is 3.91. The Hall–Kier alpha value is -1.80. The summed E-state index contributed by atoms with van der Waals surface area (Å²) >= 11 is 17.8. The van der Waals surface area contributed by atoms with Gasteiger partial charge < -0.3 is 10.2 Å². The Bertz CT molecular complexity index is 959. The van der Waals surface area contributed by atoms with Gasteiger partial charge in [0.15, 0.2) is 9.84 Å². The molecule has 0 radical (unpaired) electrons. The molecule has 0 saturated heterocycles. The van der Waals surface area contributed by atoms with E-state index in [0.717, 1.165) is 4.90 Å². The molecule has 10 heteroatoms. The summed E-state index contributed by atoms with van der Waals surface area (Å²) in [6, 6.07) is 10.3. The van der Waals surface area contributed by atoms with Crippen molar-refractivity contribution in [3.8, 4) is 0 Å². The average molecular weight is 464 g/mol. The SMILES string of the molecule is CCN(CC(=O)Nc1c(Cl)cccc1Cl)C(=O)CS(=O)(=O)c1ccc(Cl)cc1. The number of para-hydroxylation sites is 1. The van der Waals surface area contributed by atoms with Crippen LogP contribution >= 0.6 is 34.8 Å². The molecule has 2 aromatic rings. The Balaban J connectivity index is 2.06. The van der Waals surface area contributed by atoms with Crippen molar-refractivity contribution in [3.63, 3.8) is 0 Å². The number of nitrogens with one attached hydrogen (secondary N) is 1. The van der Waals surface area contributed by atoms with E-state index >= 15 is 0 Å². The van der Waals surface area contributed by atoms with Crippen LogP contribution in [0, 0.1) is 0 Å². The van der Waals surface area contributed by atoms with Crippen LogP contribution in [0.25, 0.3) is 0 Å². The van der Waals surface area contributed by atoms with Crippen molar-refractivity contribution in [1.29, 1.82) is 0 Å². The fourth-order valence-corrected chi connectivity index (χ4v) is 4.17. The van der Waals surface area contributed by atoms with Crippen molar-refractivity contribution in [2.45, 2.75) is 11.8 Å². The second-order valence-corrected chi connectivity index (χ2v) is 9.01. The first-order chi connectivity index (χ1) is 13.1. The van der Waals surface area contributed by atoms with E-state index in [2.05, 4.69) is 5.32 Å². The van der Waals surface area contributed by atoms with Crippen LogP contribution in [0.1, 0.15) is 6.92 Å². The minimum atomic E-state index is -3.86. The van der Waals surface area contributed by atoms with Crippen LogP contribution in [0.15, 0.2) is 47.4 Å². The summed E-state index contributed by atoms with van der Waals surface area (Å²) in [5, 5.41) is 3.42. The molecule has 0 aliphatic heterocycles. The third-order valence-corrected chi connectivity index (χ3v) is 6.28. The number of likely N-dealkylation sites (N-methyl/N-ethyl adjacent to an activating group) is 1. The Labute approximate surface area is 178 Å². The molecule has 150 valence electrons. The number of sulfone groups is 1. The molecule has 28 heavy (non-hydrogen) atoms. The summed E-state index contributed by atoms with van der Waals surface area (Å²) in [4.78, 5) is 25.8. The van der Waals surface area contributed by atoms with Gasteiger partial charge in [-0.2, -0.15) is 0 Å². The maximum absolute atomic E-state index is 12.4. The van der Waals surface area contributed by atoms with Gasteiger partial charge in [0.2, 0.25) is 11.8 Å². The molecule has 2 amide bonds. The Morgan fingerprint density at radius 2 is 1.57 bits per heavy atom. The number of hydrogen-bond donors (Lipinski definition) is 1. The highest BCUT2D eigenvalue weighted by Crippen LogP contribution is 2.29. The van der Waals surface area contributed by atoms with Crippen LogP contribution in [-0.4, -0.2) is 44.0 Å². The van der Waals surface area contributed by atoms with Gasteiger partial charge in [-0.3, -0.25) is 9.59 Å². The Morgan fingerprint density at radius 1 is 1.00 bits per heavy atom. The zero-order valence-corrected chi connectivity index (χ0v) is 17.9. The van der Waals surface area contributed by atoms with E-state index in [1.807, 2.05) is 0 Å². The van der Waals surface area contributed by atoms with Crippen LogP contribution in [0.5, 0.6) is 0 Å². The monoisotopic (exact) mass is 462 g/mol. The number of carbonyl (C=O) groups excluding carboxylic acids is 2. The van der Waals surface area contributed by atoms with Crippen LogP contribution in [0.4, 0.5) is 5.69 Å². The third-order valence-electron chi connectivity index (χ3n) is 3.78. The highest BCUT2D eigenvalue weighted by Gasteiger charge is 2.24. The summed E-state index contributed by atoms with van der Waals surface area (Å²) in [6.07, 6.45) is 0. The zero-order chi connectivity index (χ0) is 20.9. The van der Waals surface area contributed by atoms with Gasteiger partial charge in [0.25, 0.3) is 0 Å². The van der Waals surface area contributed by atoms with Crippen LogP contribution < -0.4 is 5.32 Å². The Morgan fingerprint density at radius 3 is 2.11 bits per heavy atom. The minimum Gasteiger partial charge on any atom is -0.333 e. The number of carbonyl (C=O) groups is 2. The van der Waals surface area contributed by atoms with Gasteiger partial charge in [0.05, 0.1) is 27.2 Å². The molecule has 0 heterocycles. The van der Waals surface area contributed by atoms with Gasteiger partial charge >= 0.3 is 0 Å². The van der Waals surface area contributed by atoms with E-state index in [0.29, 0.717) is 5.02 Å². The van der Waals surface area contributed by atoms with Crippen LogP contribution in [-0.2, 0) is 19.4 Å². The zero-order valence-electron chi connectivity index (χ0n) is 14.8.